The summed E-state index contributed by atoms with van der Waals surface area (Å²) in [6.45, 7) is -0.0182. The average molecular weight is 314 g/mol. The van der Waals surface area contributed by atoms with Gasteiger partial charge in [-0.25, -0.2) is 8.78 Å². The summed E-state index contributed by atoms with van der Waals surface area (Å²) in [6, 6.07) is 8.61. The van der Waals surface area contributed by atoms with Crippen molar-refractivity contribution in [2.75, 3.05) is 0 Å². The van der Waals surface area contributed by atoms with Gasteiger partial charge in [0.25, 0.3) is 0 Å². The molecule has 2 N–H and O–H groups in total. The van der Waals surface area contributed by atoms with Gasteiger partial charge in [0, 0.05) is 5.56 Å². The van der Waals surface area contributed by atoms with Crippen molar-refractivity contribution in [3.8, 4) is 5.75 Å². The van der Waals surface area contributed by atoms with E-state index in [0.29, 0.717) is 5.56 Å². The van der Waals surface area contributed by atoms with Crippen molar-refractivity contribution in [1.82, 2.24) is 0 Å². The zero-order valence-electron chi connectivity index (χ0n) is 10.2. The van der Waals surface area contributed by atoms with E-state index >= 15 is 0 Å². The van der Waals surface area contributed by atoms with Crippen LogP contribution in [0, 0.1) is 11.6 Å². The molecule has 0 aliphatic heterocycles. The molecule has 2 nitrogen and oxygen atoms in total. The molecule has 104 valence electrons. The Bertz CT molecular complexity index is 664. The molecule has 0 saturated carbocycles. The fourth-order valence-electron chi connectivity index (χ4n) is 1.68. The Labute approximate surface area is 125 Å². The molecule has 0 radical (unpaired) electrons. The van der Waals surface area contributed by atoms with E-state index in [1.165, 1.54) is 30.3 Å². The van der Waals surface area contributed by atoms with Gasteiger partial charge in [0.05, 0.1) is 10.6 Å². The maximum Gasteiger partial charge on any atom is 0.142 e. The molecule has 20 heavy (non-hydrogen) atoms. The number of rotatable bonds is 4. The number of hydrogen-bond acceptors (Lipinski definition) is 2. The van der Waals surface area contributed by atoms with Gasteiger partial charge >= 0.3 is 0 Å². The number of nitrogens with two attached hydrogens (primary N) is 1. The lowest BCUT2D eigenvalue weighted by atomic mass is 10.2. The average Bonchev–Trinajstić information content (AvgIpc) is 2.40. The monoisotopic (exact) mass is 313 g/mol. The largest absolute Gasteiger partial charge is 0.488 e. The minimum atomic E-state index is -0.569. The van der Waals surface area contributed by atoms with Crippen LogP contribution in [0.4, 0.5) is 8.78 Å². The molecule has 0 fully saturated rings. The van der Waals surface area contributed by atoms with Crippen LogP contribution in [-0.4, -0.2) is 4.99 Å². The fraction of sp³-hybridized carbons (Fsp3) is 0.0714. The van der Waals surface area contributed by atoms with Crippen molar-refractivity contribution >= 4 is 28.8 Å². The van der Waals surface area contributed by atoms with Crippen molar-refractivity contribution in [3.05, 3.63) is 64.2 Å². The molecule has 0 heterocycles. The molecule has 2 rings (SSSR count). The molecular formula is C14H10ClF2NOS. The summed E-state index contributed by atoms with van der Waals surface area (Å²) in [5.41, 5.74) is 5.94. The molecule has 0 aromatic heterocycles. The van der Waals surface area contributed by atoms with Gasteiger partial charge in [-0.15, -0.1) is 0 Å². The molecule has 0 unspecified atom stereocenters. The number of hydrogen-bond donors (Lipinski definition) is 1. The highest BCUT2D eigenvalue weighted by Gasteiger charge is 2.13. The Balaban J connectivity index is 2.26. The zero-order valence-corrected chi connectivity index (χ0v) is 11.8. The molecule has 0 aliphatic carbocycles. The highest BCUT2D eigenvalue weighted by molar-refractivity contribution is 7.80. The SMILES string of the molecule is NC(=S)c1c(F)cccc1OCc1cccc(F)c1Cl. The minimum Gasteiger partial charge on any atom is -0.488 e. The fourth-order valence-corrected chi connectivity index (χ4v) is 2.06. The predicted octanol–water partition coefficient (Wildman–Crippen LogP) is 3.83. The van der Waals surface area contributed by atoms with E-state index in [-0.39, 0.29) is 27.9 Å². The Morgan fingerprint density at radius 3 is 2.50 bits per heavy atom. The topological polar surface area (TPSA) is 35.2 Å². The van der Waals surface area contributed by atoms with Crippen LogP contribution in [0.25, 0.3) is 0 Å². The van der Waals surface area contributed by atoms with E-state index in [1.54, 1.807) is 6.07 Å². The first kappa shape index (κ1) is 14.7. The van der Waals surface area contributed by atoms with Crippen LogP contribution < -0.4 is 10.5 Å². The summed E-state index contributed by atoms with van der Waals surface area (Å²) in [6.07, 6.45) is 0. The maximum absolute atomic E-state index is 13.6. The highest BCUT2D eigenvalue weighted by Crippen LogP contribution is 2.25. The van der Waals surface area contributed by atoms with Crippen LogP contribution in [0.2, 0.25) is 5.02 Å². The molecule has 0 saturated heterocycles. The molecule has 0 spiro atoms. The van der Waals surface area contributed by atoms with Crippen LogP contribution in [0.15, 0.2) is 36.4 Å². The van der Waals surface area contributed by atoms with Gasteiger partial charge < -0.3 is 10.5 Å². The molecule has 2 aromatic carbocycles. The van der Waals surface area contributed by atoms with Gasteiger partial charge in [-0.1, -0.05) is 42.0 Å². The molecule has 0 aliphatic rings. The zero-order chi connectivity index (χ0) is 14.7. The smallest absolute Gasteiger partial charge is 0.142 e. The lowest BCUT2D eigenvalue weighted by molar-refractivity contribution is 0.303. The second-order valence-corrected chi connectivity index (χ2v) is 4.80. The third-order valence-electron chi connectivity index (χ3n) is 2.64. The van der Waals surface area contributed by atoms with Crippen LogP contribution in [0.1, 0.15) is 11.1 Å². The summed E-state index contributed by atoms with van der Waals surface area (Å²) >= 11 is 10.6. The summed E-state index contributed by atoms with van der Waals surface area (Å²) in [5, 5.41) is -0.0271. The van der Waals surface area contributed by atoms with Gasteiger partial charge in [0.1, 0.15) is 29.0 Å². The van der Waals surface area contributed by atoms with Crippen molar-refractivity contribution < 1.29 is 13.5 Å². The number of halogens is 3. The first-order chi connectivity index (χ1) is 9.50. The highest BCUT2D eigenvalue weighted by atomic mass is 35.5. The number of ether oxygens (including phenoxy) is 1. The lowest BCUT2D eigenvalue weighted by Gasteiger charge is -2.12. The van der Waals surface area contributed by atoms with Gasteiger partial charge in [-0.3, -0.25) is 0 Å². The minimum absolute atomic E-state index is 0.0182. The Kier molecular flexibility index (Phi) is 4.52. The standard InChI is InChI=1S/C14H10ClF2NOS/c15-13-8(3-1-5-10(13)17)7-19-11-6-2-4-9(16)12(11)14(18)20/h1-6H,7H2,(H2,18,20). The van der Waals surface area contributed by atoms with Crippen LogP contribution in [0.5, 0.6) is 5.75 Å². The first-order valence-corrected chi connectivity index (χ1v) is 6.43. The molecule has 0 atom stereocenters. The van der Waals surface area contributed by atoms with Crippen LogP contribution in [0.3, 0.4) is 0 Å². The molecule has 6 heteroatoms. The molecule has 2 aromatic rings. The number of thiocarbonyl (C=S) groups is 1. The van der Waals surface area contributed by atoms with E-state index in [4.69, 9.17) is 34.3 Å². The Hall–Kier alpha value is -1.72. The van der Waals surface area contributed by atoms with Crippen LogP contribution in [-0.2, 0) is 6.61 Å². The van der Waals surface area contributed by atoms with Crippen molar-refractivity contribution in [2.24, 2.45) is 5.73 Å². The molecule has 0 bridgehead atoms. The summed E-state index contributed by atoms with van der Waals surface area (Å²) in [4.78, 5) is -0.108. The lowest BCUT2D eigenvalue weighted by Crippen LogP contribution is -2.14. The summed E-state index contributed by atoms with van der Waals surface area (Å²) < 4.78 is 32.4. The van der Waals surface area contributed by atoms with E-state index in [2.05, 4.69) is 0 Å². The van der Waals surface area contributed by atoms with Crippen LogP contribution >= 0.6 is 23.8 Å². The molecule has 0 amide bonds. The second kappa shape index (κ2) is 6.15. The second-order valence-electron chi connectivity index (χ2n) is 3.98. The summed E-state index contributed by atoms with van der Waals surface area (Å²) in [7, 11) is 0. The predicted molar refractivity (Wildman–Crippen MR) is 78.0 cm³/mol. The van der Waals surface area contributed by atoms with Crippen molar-refractivity contribution in [2.45, 2.75) is 6.61 Å². The normalized spacial score (nSPS) is 10.3. The maximum atomic E-state index is 13.6. The van der Waals surface area contributed by atoms with E-state index < -0.39 is 11.6 Å². The van der Waals surface area contributed by atoms with Gasteiger partial charge in [-0.05, 0) is 18.2 Å². The molecular weight excluding hydrogens is 304 g/mol. The van der Waals surface area contributed by atoms with E-state index in [1.807, 2.05) is 0 Å². The third-order valence-corrected chi connectivity index (χ3v) is 3.26. The summed E-state index contributed by atoms with van der Waals surface area (Å²) in [5.74, 6) is -0.917. The number of benzene rings is 2. The van der Waals surface area contributed by atoms with Crippen molar-refractivity contribution in [1.29, 1.82) is 0 Å². The quantitative estimate of drug-likeness (QED) is 0.871. The van der Waals surface area contributed by atoms with Crippen molar-refractivity contribution in [3.63, 3.8) is 0 Å². The van der Waals surface area contributed by atoms with E-state index in [0.717, 1.165) is 0 Å². The van der Waals surface area contributed by atoms with Gasteiger partial charge in [-0.2, -0.15) is 0 Å². The Morgan fingerprint density at radius 1 is 1.15 bits per heavy atom. The van der Waals surface area contributed by atoms with Gasteiger partial charge in [0.2, 0.25) is 0 Å². The van der Waals surface area contributed by atoms with Gasteiger partial charge in [0.15, 0.2) is 0 Å². The third kappa shape index (κ3) is 3.05. The Morgan fingerprint density at radius 2 is 1.80 bits per heavy atom. The first-order valence-electron chi connectivity index (χ1n) is 5.64. The van der Waals surface area contributed by atoms with E-state index in [9.17, 15) is 8.78 Å².